The Balaban J connectivity index is 3.25. The molecule has 1 aromatic carbocycles. The predicted octanol–water partition coefficient (Wildman–Crippen LogP) is 1.61. The summed E-state index contributed by atoms with van der Waals surface area (Å²) in [7, 11) is 0. The highest BCUT2D eigenvalue weighted by Crippen LogP contribution is 2.26. The fourth-order valence-electron chi connectivity index (χ4n) is 0.974. The van der Waals surface area contributed by atoms with Crippen LogP contribution in [-0.4, -0.2) is 11.7 Å². The molecule has 0 aromatic heterocycles. The van der Waals surface area contributed by atoms with Crippen molar-refractivity contribution in [2.45, 2.75) is 6.04 Å². The van der Waals surface area contributed by atoms with Gasteiger partial charge in [0.25, 0.3) is 0 Å². The molecule has 2 nitrogen and oxygen atoms in total. The molecule has 13 heavy (non-hydrogen) atoms. The molecule has 1 atom stereocenters. The van der Waals surface area contributed by atoms with Crippen LogP contribution in [-0.2, 0) is 0 Å². The average molecular weight is 208 g/mol. The summed E-state index contributed by atoms with van der Waals surface area (Å²) in [6.45, 7) is -0.486. The maximum atomic E-state index is 13.0. The fraction of sp³-hybridized carbons (Fsp3) is 0.250. The minimum absolute atomic E-state index is 0.191. The van der Waals surface area contributed by atoms with Crippen LogP contribution in [0, 0.1) is 11.6 Å². The summed E-state index contributed by atoms with van der Waals surface area (Å²) < 4.78 is 25.8. The second-order valence-corrected chi connectivity index (χ2v) is 2.92. The molecule has 0 saturated heterocycles. The highest BCUT2D eigenvalue weighted by atomic mass is 35.5. The number of nitrogens with two attached hydrogens (primary N) is 1. The predicted molar refractivity (Wildman–Crippen MR) is 45.4 cm³/mol. The van der Waals surface area contributed by atoms with Crippen LogP contribution in [0.2, 0.25) is 5.02 Å². The number of rotatable bonds is 2. The van der Waals surface area contributed by atoms with Crippen LogP contribution in [0.25, 0.3) is 0 Å². The van der Waals surface area contributed by atoms with Crippen molar-refractivity contribution < 1.29 is 13.9 Å². The van der Waals surface area contributed by atoms with Crippen molar-refractivity contribution in [1.29, 1.82) is 0 Å². The minimum atomic E-state index is -0.997. The number of aliphatic hydroxyl groups is 1. The van der Waals surface area contributed by atoms with Crippen LogP contribution >= 0.6 is 11.6 Å². The van der Waals surface area contributed by atoms with Crippen molar-refractivity contribution in [3.05, 3.63) is 34.4 Å². The summed E-state index contributed by atoms with van der Waals surface area (Å²) in [6.07, 6.45) is 0. The van der Waals surface area contributed by atoms with E-state index in [1.54, 1.807) is 0 Å². The molecule has 0 saturated carbocycles. The van der Waals surface area contributed by atoms with E-state index >= 15 is 0 Å². The van der Waals surface area contributed by atoms with Gasteiger partial charge in [-0.05, 0) is 12.1 Å². The third-order valence-corrected chi connectivity index (χ3v) is 2.03. The molecule has 0 unspecified atom stereocenters. The van der Waals surface area contributed by atoms with Gasteiger partial charge < -0.3 is 10.8 Å². The molecule has 0 aliphatic carbocycles. The van der Waals surface area contributed by atoms with E-state index in [1.807, 2.05) is 0 Å². The SMILES string of the molecule is N[C@@H](CO)c1c(F)ccc(F)c1Cl. The van der Waals surface area contributed by atoms with Crippen LogP contribution in [0.3, 0.4) is 0 Å². The van der Waals surface area contributed by atoms with Gasteiger partial charge in [-0.3, -0.25) is 0 Å². The Morgan fingerprint density at radius 1 is 1.38 bits per heavy atom. The quantitative estimate of drug-likeness (QED) is 0.724. The van der Waals surface area contributed by atoms with Gasteiger partial charge in [0.2, 0.25) is 0 Å². The lowest BCUT2D eigenvalue weighted by molar-refractivity contribution is 0.265. The van der Waals surface area contributed by atoms with Gasteiger partial charge in [0.15, 0.2) is 0 Å². The third-order valence-electron chi connectivity index (χ3n) is 1.65. The van der Waals surface area contributed by atoms with Gasteiger partial charge in [0, 0.05) is 5.56 Å². The fourth-order valence-corrected chi connectivity index (χ4v) is 1.27. The van der Waals surface area contributed by atoms with Gasteiger partial charge in [-0.25, -0.2) is 8.78 Å². The van der Waals surface area contributed by atoms with Crippen LogP contribution in [0.4, 0.5) is 8.78 Å². The summed E-state index contributed by atoms with van der Waals surface area (Å²) in [6, 6.07) is 0.834. The zero-order chi connectivity index (χ0) is 10.0. The molecule has 1 aromatic rings. The zero-order valence-corrected chi connectivity index (χ0v) is 7.35. The Bertz CT molecular complexity index is 319. The maximum Gasteiger partial charge on any atom is 0.142 e. The van der Waals surface area contributed by atoms with Gasteiger partial charge in [0.05, 0.1) is 17.7 Å². The zero-order valence-electron chi connectivity index (χ0n) is 6.60. The van der Waals surface area contributed by atoms with E-state index in [0.717, 1.165) is 12.1 Å². The van der Waals surface area contributed by atoms with Gasteiger partial charge in [0.1, 0.15) is 11.6 Å². The molecule has 0 heterocycles. The first kappa shape index (κ1) is 10.4. The van der Waals surface area contributed by atoms with Crippen LogP contribution in [0.5, 0.6) is 0 Å². The first-order valence-electron chi connectivity index (χ1n) is 3.57. The Hall–Kier alpha value is -0.710. The standard InChI is InChI=1S/C8H8ClF2NO/c9-8-5(11)2-1-4(10)7(8)6(12)3-13/h1-2,6,13H,3,12H2/t6-/m0/s1. The molecule has 5 heteroatoms. The molecule has 0 aliphatic heterocycles. The molecule has 0 fully saturated rings. The minimum Gasteiger partial charge on any atom is -0.394 e. The highest BCUT2D eigenvalue weighted by molar-refractivity contribution is 6.31. The Kier molecular flexibility index (Phi) is 3.19. The van der Waals surface area contributed by atoms with Gasteiger partial charge >= 0.3 is 0 Å². The highest BCUT2D eigenvalue weighted by Gasteiger charge is 2.17. The summed E-state index contributed by atoms with van der Waals surface area (Å²) in [4.78, 5) is 0. The van der Waals surface area contributed by atoms with Crippen LogP contribution in [0.15, 0.2) is 12.1 Å². The lowest BCUT2D eigenvalue weighted by atomic mass is 10.1. The molecular formula is C8H8ClF2NO. The molecule has 72 valence electrons. The van der Waals surface area contributed by atoms with Crippen molar-refractivity contribution in [2.24, 2.45) is 5.73 Å². The van der Waals surface area contributed by atoms with E-state index in [9.17, 15) is 8.78 Å². The van der Waals surface area contributed by atoms with Gasteiger partial charge in [-0.2, -0.15) is 0 Å². The van der Waals surface area contributed by atoms with E-state index in [-0.39, 0.29) is 10.6 Å². The molecule has 0 spiro atoms. The molecule has 0 amide bonds. The Labute approximate surface area is 78.9 Å². The van der Waals surface area contributed by atoms with Crippen molar-refractivity contribution in [1.82, 2.24) is 0 Å². The van der Waals surface area contributed by atoms with Crippen molar-refractivity contribution in [3.63, 3.8) is 0 Å². The van der Waals surface area contributed by atoms with E-state index < -0.39 is 24.3 Å². The number of hydrogen-bond donors (Lipinski definition) is 2. The number of hydrogen-bond acceptors (Lipinski definition) is 2. The largest absolute Gasteiger partial charge is 0.394 e. The lowest BCUT2D eigenvalue weighted by Crippen LogP contribution is -2.17. The first-order chi connectivity index (χ1) is 6.07. The Morgan fingerprint density at radius 2 is 1.92 bits per heavy atom. The maximum absolute atomic E-state index is 13.0. The van der Waals surface area contributed by atoms with Gasteiger partial charge in [-0.15, -0.1) is 0 Å². The summed E-state index contributed by atoms with van der Waals surface area (Å²) in [5.41, 5.74) is 5.13. The number of benzene rings is 1. The second kappa shape index (κ2) is 4.00. The van der Waals surface area contributed by atoms with Crippen molar-refractivity contribution >= 4 is 11.6 Å². The molecule has 3 N–H and O–H groups in total. The molecular weight excluding hydrogens is 200 g/mol. The molecule has 1 rings (SSSR count). The summed E-state index contributed by atoms with van der Waals surface area (Å²) >= 11 is 5.47. The summed E-state index contributed by atoms with van der Waals surface area (Å²) in [5.74, 6) is -1.46. The number of aliphatic hydroxyl groups excluding tert-OH is 1. The van der Waals surface area contributed by atoms with Crippen LogP contribution in [0.1, 0.15) is 11.6 Å². The number of halogens is 3. The first-order valence-corrected chi connectivity index (χ1v) is 3.95. The molecule has 0 bridgehead atoms. The van der Waals surface area contributed by atoms with Gasteiger partial charge in [-0.1, -0.05) is 11.6 Å². The lowest BCUT2D eigenvalue weighted by Gasteiger charge is -2.11. The third kappa shape index (κ3) is 1.96. The molecule has 0 aliphatic rings. The average Bonchev–Trinajstić information content (AvgIpc) is 2.12. The normalized spacial score (nSPS) is 13.0. The molecule has 0 radical (unpaired) electrons. The van der Waals surface area contributed by atoms with E-state index in [1.165, 1.54) is 0 Å². The van der Waals surface area contributed by atoms with Crippen LogP contribution < -0.4 is 5.73 Å². The Morgan fingerprint density at radius 3 is 2.46 bits per heavy atom. The van der Waals surface area contributed by atoms with E-state index in [2.05, 4.69) is 0 Å². The van der Waals surface area contributed by atoms with E-state index in [4.69, 9.17) is 22.4 Å². The van der Waals surface area contributed by atoms with Crippen molar-refractivity contribution in [2.75, 3.05) is 6.61 Å². The topological polar surface area (TPSA) is 46.2 Å². The van der Waals surface area contributed by atoms with E-state index in [0.29, 0.717) is 0 Å². The van der Waals surface area contributed by atoms with Crippen molar-refractivity contribution in [3.8, 4) is 0 Å². The monoisotopic (exact) mass is 207 g/mol. The second-order valence-electron chi connectivity index (χ2n) is 2.55. The summed E-state index contributed by atoms with van der Waals surface area (Å²) in [5, 5.41) is 8.28. The smallest absolute Gasteiger partial charge is 0.142 e.